The Hall–Kier alpha value is -2.74. The molecular formula is C17H15FN4O2S. The molecule has 1 atom stereocenters. The van der Waals surface area contributed by atoms with Gasteiger partial charge in [0, 0.05) is 12.4 Å². The maximum absolute atomic E-state index is 12.9. The molecule has 1 amide bonds. The van der Waals surface area contributed by atoms with Gasteiger partial charge in [-0.25, -0.2) is 4.39 Å². The van der Waals surface area contributed by atoms with Crippen LogP contribution in [-0.4, -0.2) is 26.8 Å². The number of carbonyl (C=O) groups is 1. The summed E-state index contributed by atoms with van der Waals surface area (Å²) in [5.74, 6) is 0.0116. The third-order valence-corrected chi connectivity index (χ3v) is 4.21. The molecule has 25 heavy (non-hydrogen) atoms. The molecule has 6 nitrogen and oxygen atoms in total. The average molecular weight is 358 g/mol. The number of hydrogen-bond donors (Lipinski definition) is 1. The lowest BCUT2D eigenvalue weighted by atomic mass is 10.1. The highest BCUT2D eigenvalue weighted by Gasteiger charge is 2.13. The van der Waals surface area contributed by atoms with Crippen molar-refractivity contribution < 1.29 is 13.6 Å². The lowest BCUT2D eigenvalue weighted by Gasteiger charge is -2.13. The zero-order valence-corrected chi connectivity index (χ0v) is 14.2. The van der Waals surface area contributed by atoms with Gasteiger partial charge in [0.2, 0.25) is 11.8 Å². The molecular weight excluding hydrogens is 343 g/mol. The molecule has 1 aromatic carbocycles. The largest absolute Gasteiger partial charge is 0.411 e. The Morgan fingerprint density at radius 3 is 2.80 bits per heavy atom. The number of carbonyl (C=O) groups excluding carboxylic acids is 1. The molecule has 0 aliphatic rings. The quantitative estimate of drug-likeness (QED) is 0.681. The van der Waals surface area contributed by atoms with Gasteiger partial charge in [-0.05, 0) is 36.8 Å². The Morgan fingerprint density at radius 1 is 1.28 bits per heavy atom. The summed E-state index contributed by atoms with van der Waals surface area (Å²) in [6, 6.07) is 9.39. The Kier molecular flexibility index (Phi) is 5.39. The van der Waals surface area contributed by atoms with Crippen LogP contribution in [0, 0.1) is 5.82 Å². The van der Waals surface area contributed by atoms with Gasteiger partial charge in [-0.2, -0.15) is 0 Å². The monoisotopic (exact) mass is 358 g/mol. The molecule has 0 unspecified atom stereocenters. The molecule has 0 saturated heterocycles. The summed E-state index contributed by atoms with van der Waals surface area (Å²) in [7, 11) is 0. The van der Waals surface area contributed by atoms with Crippen molar-refractivity contribution in [2.75, 3.05) is 5.75 Å². The minimum Gasteiger partial charge on any atom is -0.411 e. The predicted octanol–water partition coefficient (Wildman–Crippen LogP) is 3.24. The van der Waals surface area contributed by atoms with Crippen LogP contribution in [0.4, 0.5) is 4.39 Å². The van der Waals surface area contributed by atoms with Crippen molar-refractivity contribution in [1.29, 1.82) is 0 Å². The van der Waals surface area contributed by atoms with Crippen LogP contribution in [0.25, 0.3) is 11.5 Å². The van der Waals surface area contributed by atoms with Gasteiger partial charge in [-0.1, -0.05) is 23.9 Å². The summed E-state index contributed by atoms with van der Waals surface area (Å²) in [6.45, 7) is 1.84. The summed E-state index contributed by atoms with van der Waals surface area (Å²) in [5.41, 5.74) is 1.55. The average Bonchev–Trinajstić information content (AvgIpc) is 3.10. The SMILES string of the molecule is C[C@@H](NC(=O)CSc1nnc(-c2cccnc2)o1)c1ccc(F)cc1. The highest BCUT2D eigenvalue weighted by molar-refractivity contribution is 7.99. The van der Waals surface area contributed by atoms with E-state index in [1.54, 1.807) is 30.6 Å². The van der Waals surface area contributed by atoms with Crippen LogP contribution < -0.4 is 5.32 Å². The van der Waals surface area contributed by atoms with Crippen molar-refractivity contribution in [3.05, 3.63) is 60.2 Å². The number of nitrogens with zero attached hydrogens (tertiary/aromatic N) is 3. The molecule has 2 heterocycles. The second-order valence-corrected chi connectivity index (χ2v) is 6.17. The van der Waals surface area contributed by atoms with E-state index in [4.69, 9.17) is 4.42 Å². The van der Waals surface area contributed by atoms with Gasteiger partial charge >= 0.3 is 0 Å². The zero-order chi connectivity index (χ0) is 17.6. The molecule has 8 heteroatoms. The third-order valence-electron chi connectivity index (χ3n) is 3.39. The van der Waals surface area contributed by atoms with Crippen molar-refractivity contribution in [2.24, 2.45) is 0 Å². The van der Waals surface area contributed by atoms with E-state index < -0.39 is 0 Å². The molecule has 0 spiro atoms. The van der Waals surface area contributed by atoms with E-state index in [0.29, 0.717) is 11.1 Å². The second kappa shape index (κ2) is 7.89. The van der Waals surface area contributed by atoms with Crippen LogP contribution in [0.5, 0.6) is 0 Å². The van der Waals surface area contributed by atoms with Crippen LogP contribution in [0.1, 0.15) is 18.5 Å². The summed E-state index contributed by atoms with van der Waals surface area (Å²) in [5, 5.41) is 11.0. The lowest BCUT2D eigenvalue weighted by molar-refractivity contribution is -0.119. The van der Waals surface area contributed by atoms with E-state index in [-0.39, 0.29) is 23.5 Å². The molecule has 0 fully saturated rings. The second-order valence-electron chi connectivity index (χ2n) is 5.24. The molecule has 0 saturated carbocycles. The van der Waals surface area contributed by atoms with Gasteiger partial charge in [0.1, 0.15) is 5.82 Å². The Morgan fingerprint density at radius 2 is 2.08 bits per heavy atom. The van der Waals surface area contributed by atoms with E-state index in [2.05, 4.69) is 20.5 Å². The first kappa shape index (κ1) is 17.1. The molecule has 128 valence electrons. The molecule has 0 bridgehead atoms. The number of thioether (sulfide) groups is 1. The number of aromatic nitrogens is 3. The highest BCUT2D eigenvalue weighted by atomic mass is 32.2. The Balaban J connectivity index is 1.52. The lowest BCUT2D eigenvalue weighted by Crippen LogP contribution is -2.28. The first-order chi connectivity index (χ1) is 12.1. The Labute approximate surface area is 147 Å². The predicted molar refractivity (Wildman–Crippen MR) is 91.2 cm³/mol. The van der Waals surface area contributed by atoms with Crippen molar-refractivity contribution in [1.82, 2.24) is 20.5 Å². The van der Waals surface area contributed by atoms with Crippen LogP contribution >= 0.6 is 11.8 Å². The fourth-order valence-electron chi connectivity index (χ4n) is 2.12. The van der Waals surface area contributed by atoms with Gasteiger partial charge < -0.3 is 9.73 Å². The van der Waals surface area contributed by atoms with E-state index in [0.717, 1.165) is 22.9 Å². The van der Waals surface area contributed by atoms with Crippen molar-refractivity contribution >= 4 is 17.7 Å². The van der Waals surface area contributed by atoms with Gasteiger partial charge in [0.25, 0.3) is 5.22 Å². The molecule has 0 radical (unpaired) electrons. The fraction of sp³-hybridized carbons (Fsp3) is 0.176. The first-order valence-electron chi connectivity index (χ1n) is 7.53. The van der Waals surface area contributed by atoms with E-state index >= 15 is 0 Å². The third kappa shape index (κ3) is 4.63. The maximum atomic E-state index is 12.9. The van der Waals surface area contributed by atoms with Crippen LogP contribution in [0.3, 0.4) is 0 Å². The van der Waals surface area contributed by atoms with Crippen LogP contribution in [0.2, 0.25) is 0 Å². The number of rotatable bonds is 6. The van der Waals surface area contributed by atoms with Gasteiger partial charge in [0.05, 0.1) is 17.4 Å². The summed E-state index contributed by atoms with van der Waals surface area (Å²) >= 11 is 1.15. The molecule has 0 aliphatic heterocycles. The minimum atomic E-state index is -0.307. The van der Waals surface area contributed by atoms with E-state index in [9.17, 15) is 9.18 Å². The molecule has 3 aromatic rings. The van der Waals surface area contributed by atoms with Crippen molar-refractivity contribution in [3.63, 3.8) is 0 Å². The molecule has 1 N–H and O–H groups in total. The summed E-state index contributed by atoms with van der Waals surface area (Å²) < 4.78 is 18.4. The normalized spacial score (nSPS) is 11.9. The summed E-state index contributed by atoms with van der Waals surface area (Å²) in [6.07, 6.45) is 3.28. The van der Waals surface area contributed by atoms with E-state index in [1.165, 1.54) is 12.1 Å². The van der Waals surface area contributed by atoms with E-state index in [1.807, 2.05) is 13.0 Å². The number of halogens is 1. The highest BCUT2D eigenvalue weighted by Crippen LogP contribution is 2.22. The van der Waals surface area contributed by atoms with Gasteiger partial charge in [-0.3, -0.25) is 9.78 Å². The fourth-order valence-corrected chi connectivity index (χ4v) is 2.69. The number of pyridine rings is 1. The zero-order valence-electron chi connectivity index (χ0n) is 13.3. The van der Waals surface area contributed by atoms with Gasteiger partial charge in [-0.15, -0.1) is 10.2 Å². The summed E-state index contributed by atoms with van der Waals surface area (Å²) in [4.78, 5) is 16.0. The Bertz CT molecular complexity index is 839. The van der Waals surface area contributed by atoms with Crippen molar-refractivity contribution in [2.45, 2.75) is 18.2 Å². The standard InChI is InChI=1S/C17H15FN4O2S/c1-11(12-4-6-14(18)7-5-12)20-15(23)10-25-17-22-21-16(24-17)13-3-2-8-19-9-13/h2-9,11H,10H2,1H3,(H,20,23)/t11-/m1/s1. The minimum absolute atomic E-state index is 0.139. The number of benzene rings is 1. The molecule has 3 rings (SSSR count). The number of hydrogen-bond acceptors (Lipinski definition) is 6. The number of nitrogens with one attached hydrogen (secondary N) is 1. The van der Waals surface area contributed by atoms with Crippen LogP contribution in [0.15, 0.2) is 58.4 Å². The first-order valence-corrected chi connectivity index (χ1v) is 8.52. The topological polar surface area (TPSA) is 80.9 Å². The van der Waals surface area contributed by atoms with Crippen molar-refractivity contribution in [3.8, 4) is 11.5 Å². The molecule has 0 aliphatic carbocycles. The number of amides is 1. The maximum Gasteiger partial charge on any atom is 0.277 e. The molecule has 2 aromatic heterocycles. The van der Waals surface area contributed by atoms with Crippen LogP contribution in [-0.2, 0) is 4.79 Å². The smallest absolute Gasteiger partial charge is 0.277 e. The van der Waals surface area contributed by atoms with Gasteiger partial charge in [0.15, 0.2) is 0 Å².